The number of hydrogen-bond donors (Lipinski definition) is 2. The molecule has 3 aromatic carbocycles. The standard InChI is InChI=1S/C32H32F5N3O5S2/c1-31(2,21-10-19(18-40-6-8-44-9-7-40)11-26(16-21)45-32(36,37)30(34)35)22-14-23(33)17-25(15-22)38-29(41)28-13-20-12-24(39-47(3,42)43)4-5-27(20)46-28/h4-5,10-17,30,39H,6-9,18H2,1-3H3,(H,38,41). The number of ether oxygens (including phenoxy) is 2. The number of nitrogens with one attached hydrogen (secondary N) is 2. The monoisotopic (exact) mass is 697 g/mol. The van der Waals surface area contributed by atoms with E-state index in [0.717, 1.165) is 28.4 Å². The Morgan fingerprint density at radius 1 is 1.00 bits per heavy atom. The molecule has 0 radical (unpaired) electrons. The molecule has 252 valence electrons. The topological polar surface area (TPSA) is 97.0 Å². The molecule has 0 unspecified atom stereocenters. The molecule has 5 rings (SSSR count). The van der Waals surface area contributed by atoms with Crippen molar-refractivity contribution in [1.82, 2.24) is 4.90 Å². The van der Waals surface area contributed by atoms with E-state index in [1.807, 2.05) is 4.90 Å². The lowest BCUT2D eigenvalue weighted by Crippen LogP contribution is -2.36. The van der Waals surface area contributed by atoms with Crippen LogP contribution in [0.1, 0.15) is 40.2 Å². The van der Waals surface area contributed by atoms with Crippen molar-refractivity contribution < 1.29 is 44.6 Å². The van der Waals surface area contributed by atoms with Crippen molar-refractivity contribution in [3.05, 3.63) is 88.0 Å². The summed E-state index contributed by atoms with van der Waals surface area (Å²) < 4.78 is 105. The fourth-order valence-corrected chi connectivity index (χ4v) is 6.70. The quantitative estimate of drug-likeness (QED) is 0.163. The van der Waals surface area contributed by atoms with E-state index in [2.05, 4.69) is 14.8 Å². The fourth-order valence-electron chi connectivity index (χ4n) is 5.21. The van der Waals surface area contributed by atoms with Crippen LogP contribution in [-0.2, 0) is 26.7 Å². The minimum absolute atomic E-state index is 0.125. The lowest BCUT2D eigenvalue weighted by atomic mass is 9.77. The van der Waals surface area contributed by atoms with Gasteiger partial charge in [-0.15, -0.1) is 11.3 Å². The summed E-state index contributed by atoms with van der Waals surface area (Å²) in [5.41, 5.74) is 0.691. The first-order chi connectivity index (χ1) is 22.0. The Bertz CT molecular complexity index is 1890. The summed E-state index contributed by atoms with van der Waals surface area (Å²) in [4.78, 5) is 15.5. The first kappa shape index (κ1) is 34.5. The number of morpholine rings is 1. The van der Waals surface area contributed by atoms with Gasteiger partial charge < -0.3 is 14.8 Å². The van der Waals surface area contributed by atoms with Crippen LogP contribution in [0.2, 0.25) is 0 Å². The van der Waals surface area contributed by atoms with Gasteiger partial charge in [0.2, 0.25) is 10.0 Å². The van der Waals surface area contributed by atoms with Crippen molar-refractivity contribution in [2.45, 2.75) is 38.3 Å². The summed E-state index contributed by atoms with van der Waals surface area (Å²) in [6.07, 6.45) is -7.75. The molecule has 8 nitrogen and oxygen atoms in total. The summed E-state index contributed by atoms with van der Waals surface area (Å²) >= 11 is 1.16. The number of rotatable bonds is 11. The number of alkyl halides is 4. The predicted octanol–water partition coefficient (Wildman–Crippen LogP) is 7.06. The molecule has 47 heavy (non-hydrogen) atoms. The van der Waals surface area contributed by atoms with Crippen molar-refractivity contribution >= 4 is 48.7 Å². The average Bonchev–Trinajstić information content (AvgIpc) is 3.40. The molecular weight excluding hydrogens is 665 g/mol. The molecule has 15 heteroatoms. The smallest absolute Gasteiger partial charge is 0.428 e. The first-order valence-corrected chi connectivity index (χ1v) is 17.1. The Kier molecular flexibility index (Phi) is 9.83. The molecule has 0 atom stereocenters. The maximum absolute atomic E-state index is 15.0. The highest BCUT2D eigenvalue weighted by Gasteiger charge is 2.44. The molecule has 0 aliphatic carbocycles. The molecule has 2 heterocycles. The molecule has 1 amide bonds. The lowest BCUT2D eigenvalue weighted by Gasteiger charge is -2.30. The molecule has 1 aliphatic rings. The first-order valence-electron chi connectivity index (χ1n) is 14.4. The Labute approximate surface area is 272 Å². The predicted molar refractivity (Wildman–Crippen MR) is 171 cm³/mol. The van der Waals surface area contributed by atoms with Crippen LogP contribution in [0, 0.1) is 5.82 Å². The fraction of sp³-hybridized carbons (Fsp3) is 0.344. The van der Waals surface area contributed by atoms with Crippen molar-refractivity contribution in [3.8, 4) is 5.75 Å². The molecule has 1 saturated heterocycles. The van der Waals surface area contributed by atoms with Crippen LogP contribution in [0.25, 0.3) is 10.1 Å². The van der Waals surface area contributed by atoms with E-state index in [-0.39, 0.29) is 5.69 Å². The number of anilines is 2. The number of thiophene rings is 1. The second kappa shape index (κ2) is 13.4. The largest absolute Gasteiger partial charge is 0.461 e. The number of hydrogen-bond acceptors (Lipinski definition) is 7. The summed E-state index contributed by atoms with van der Waals surface area (Å²) in [6, 6.07) is 14.6. The molecule has 4 aromatic rings. The van der Waals surface area contributed by atoms with Gasteiger partial charge in [0.05, 0.1) is 24.3 Å². The highest BCUT2D eigenvalue weighted by molar-refractivity contribution is 7.92. The van der Waals surface area contributed by atoms with Gasteiger partial charge in [0.1, 0.15) is 11.6 Å². The lowest BCUT2D eigenvalue weighted by molar-refractivity contribution is -0.253. The van der Waals surface area contributed by atoms with E-state index in [4.69, 9.17) is 4.74 Å². The number of halogens is 5. The van der Waals surface area contributed by atoms with Gasteiger partial charge in [-0.25, -0.2) is 12.8 Å². The van der Waals surface area contributed by atoms with Gasteiger partial charge in [0.15, 0.2) is 0 Å². The number of benzene rings is 3. The number of fused-ring (bicyclic) bond motifs is 1. The number of amides is 1. The van der Waals surface area contributed by atoms with Gasteiger partial charge in [-0.3, -0.25) is 14.4 Å². The maximum Gasteiger partial charge on any atom is 0.461 e. The van der Waals surface area contributed by atoms with E-state index in [1.165, 1.54) is 18.2 Å². The van der Waals surface area contributed by atoms with Gasteiger partial charge in [0, 0.05) is 41.1 Å². The minimum Gasteiger partial charge on any atom is -0.428 e. The third kappa shape index (κ3) is 8.58. The van der Waals surface area contributed by atoms with Crippen LogP contribution < -0.4 is 14.8 Å². The van der Waals surface area contributed by atoms with Crippen molar-refractivity contribution in [1.29, 1.82) is 0 Å². The van der Waals surface area contributed by atoms with Crippen LogP contribution in [0.4, 0.5) is 33.3 Å². The van der Waals surface area contributed by atoms with Crippen molar-refractivity contribution in [2.24, 2.45) is 0 Å². The van der Waals surface area contributed by atoms with Gasteiger partial charge in [-0.2, -0.15) is 17.6 Å². The summed E-state index contributed by atoms with van der Waals surface area (Å²) in [5, 5.41) is 3.32. The summed E-state index contributed by atoms with van der Waals surface area (Å²) in [6.45, 7) is 5.88. The molecule has 0 spiro atoms. The molecule has 0 bridgehead atoms. The highest BCUT2D eigenvalue weighted by atomic mass is 32.2. The van der Waals surface area contributed by atoms with Crippen LogP contribution in [0.15, 0.2) is 60.7 Å². The normalized spacial score (nSPS) is 14.8. The van der Waals surface area contributed by atoms with Gasteiger partial charge in [0.25, 0.3) is 5.91 Å². The average molecular weight is 698 g/mol. The number of carbonyl (C=O) groups excluding carboxylic acids is 1. The SMILES string of the molecule is CC(C)(c1cc(F)cc(NC(=O)c2cc3cc(NS(C)(=O)=O)ccc3s2)c1)c1cc(CN2CCOCC2)cc(OC(F)(F)C(F)F)c1. The Balaban J connectivity index is 1.44. The van der Waals surface area contributed by atoms with E-state index in [1.54, 1.807) is 50.2 Å². The van der Waals surface area contributed by atoms with Gasteiger partial charge in [-0.1, -0.05) is 19.9 Å². The Morgan fingerprint density at radius 2 is 1.70 bits per heavy atom. The molecule has 2 N–H and O–H groups in total. The molecule has 1 aromatic heterocycles. The van der Waals surface area contributed by atoms with Crippen LogP contribution in [-0.4, -0.2) is 64.3 Å². The van der Waals surface area contributed by atoms with Gasteiger partial charge >= 0.3 is 12.5 Å². The van der Waals surface area contributed by atoms with Gasteiger partial charge in [-0.05, 0) is 76.7 Å². The molecule has 0 saturated carbocycles. The number of nitrogens with zero attached hydrogens (tertiary/aromatic N) is 1. The van der Waals surface area contributed by atoms with Crippen molar-refractivity contribution in [2.75, 3.05) is 42.6 Å². The second-order valence-corrected chi connectivity index (χ2v) is 14.6. The van der Waals surface area contributed by atoms with E-state index in [0.29, 0.717) is 65.5 Å². The third-order valence-electron chi connectivity index (χ3n) is 7.63. The second-order valence-electron chi connectivity index (χ2n) is 11.8. The zero-order chi connectivity index (χ0) is 34.1. The number of carbonyl (C=O) groups is 1. The minimum atomic E-state index is -4.73. The van der Waals surface area contributed by atoms with Crippen LogP contribution in [0.5, 0.6) is 5.75 Å². The van der Waals surface area contributed by atoms with E-state index >= 15 is 4.39 Å². The Morgan fingerprint density at radius 3 is 2.38 bits per heavy atom. The summed E-state index contributed by atoms with van der Waals surface area (Å²) in [7, 11) is -3.50. The molecular formula is C32H32F5N3O5S2. The van der Waals surface area contributed by atoms with Crippen LogP contribution >= 0.6 is 11.3 Å². The maximum atomic E-state index is 15.0. The van der Waals surface area contributed by atoms with E-state index < -0.39 is 45.4 Å². The molecule has 1 fully saturated rings. The third-order valence-corrected chi connectivity index (χ3v) is 9.35. The Hall–Kier alpha value is -3.79. The molecule has 1 aliphatic heterocycles. The zero-order valence-electron chi connectivity index (χ0n) is 25.6. The summed E-state index contributed by atoms with van der Waals surface area (Å²) in [5.74, 6) is -1.67. The highest BCUT2D eigenvalue weighted by Crippen LogP contribution is 2.38. The zero-order valence-corrected chi connectivity index (χ0v) is 27.2. The van der Waals surface area contributed by atoms with Crippen LogP contribution in [0.3, 0.4) is 0 Å². The van der Waals surface area contributed by atoms with E-state index in [9.17, 15) is 30.8 Å². The van der Waals surface area contributed by atoms with Crippen molar-refractivity contribution in [3.63, 3.8) is 0 Å². The number of sulfonamides is 1.